The first-order valence-electron chi connectivity index (χ1n) is 8.22. The molecule has 0 saturated carbocycles. The molecule has 1 aliphatic rings. The highest BCUT2D eigenvalue weighted by molar-refractivity contribution is 5.82. The van der Waals surface area contributed by atoms with Crippen molar-refractivity contribution in [2.75, 3.05) is 20.3 Å². The molecule has 0 aliphatic carbocycles. The number of nitrogens with one attached hydrogen (secondary N) is 1. The number of benzene rings is 1. The number of pyridine rings is 1. The zero-order valence-electron chi connectivity index (χ0n) is 14.0. The fourth-order valence-corrected chi connectivity index (χ4v) is 3.00. The summed E-state index contributed by atoms with van der Waals surface area (Å²) in [5.41, 5.74) is 1.10. The molecule has 128 valence electrons. The molecule has 1 N–H and O–H groups in total. The Balaban J connectivity index is 1.86. The van der Waals surface area contributed by atoms with Gasteiger partial charge in [-0.05, 0) is 43.4 Å². The number of carbonyl (C=O) groups excluding carboxylic acids is 1. The molecule has 6 heteroatoms. The lowest BCUT2D eigenvalue weighted by Crippen LogP contribution is -2.39. The number of methoxy groups -OCH3 is 1. The van der Waals surface area contributed by atoms with Crippen LogP contribution in [-0.4, -0.2) is 42.2 Å². The molecule has 1 aromatic heterocycles. The van der Waals surface area contributed by atoms with Gasteiger partial charge in [0.15, 0.2) is 0 Å². The van der Waals surface area contributed by atoms with Crippen LogP contribution in [0.5, 0.6) is 5.75 Å². The number of aromatic amines is 1. The average Bonchev–Trinajstić information content (AvgIpc) is 3.13. The van der Waals surface area contributed by atoms with Crippen LogP contribution >= 0.6 is 0 Å². The number of fused-ring (bicyclic) bond motifs is 1. The van der Waals surface area contributed by atoms with Crippen molar-refractivity contribution >= 4 is 16.8 Å². The summed E-state index contributed by atoms with van der Waals surface area (Å²) in [5.74, 6) is 0.652. The Morgan fingerprint density at radius 1 is 1.42 bits per heavy atom. The van der Waals surface area contributed by atoms with Crippen LogP contribution in [0.4, 0.5) is 0 Å². The first kappa shape index (κ1) is 16.5. The van der Waals surface area contributed by atoms with E-state index in [0.717, 1.165) is 23.7 Å². The molecule has 6 nitrogen and oxygen atoms in total. The van der Waals surface area contributed by atoms with Crippen molar-refractivity contribution in [2.24, 2.45) is 0 Å². The Kier molecular flexibility index (Phi) is 4.85. The fourth-order valence-electron chi connectivity index (χ4n) is 3.00. The second kappa shape index (κ2) is 7.05. The summed E-state index contributed by atoms with van der Waals surface area (Å²) in [6.07, 6.45) is 1.30. The number of carbonyl (C=O) groups is 1. The lowest BCUT2D eigenvalue weighted by Gasteiger charge is -2.23. The molecule has 2 heterocycles. The summed E-state index contributed by atoms with van der Waals surface area (Å²) in [6, 6.07) is 7.36. The van der Waals surface area contributed by atoms with Crippen molar-refractivity contribution in [1.82, 2.24) is 9.88 Å². The summed E-state index contributed by atoms with van der Waals surface area (Å²) >= 11 is 0. The predicted octanol–water partition coefficient (Wildman–Crippen LogP) is 2.06. The van der Waals surface area contributed by atoms with Gasteiger partial charge in [-0.1, -0.05) is 0 Å². The maximum absolute atomic E-state index is 12.5. The van der Waals surface area contributed by atoms with Crippen LogP contribution in [0.2, 0.25) is 0 Å². The Bertz CT molecular complexity index is 793. The second-order valence-corrected chi connectivity index (χ2v) is 5.93. The van der Waals surface area contributed by atoms with Crippen molar-refractivity contribution in [3.8, 4) is 5.75 Å². The van der Waals surface area contributed by atoms with Crippen LogP contribution in [0.25, 0.3) is 10.9 Å². The van der Waals surface area contributed by atoms with E-state index in [-0.39, 0.29) is 24.1 Å². The van der Waals surface area contributed by atoms with Crippen molar-refractivity contribution in [1.29, 1.82) is 0 Å². The van der Waals surface area contributed by atoms with E-state index in [4.69, 9.17) is 9.47 Å². The molecule has 1 fully saturated rings. The van der Waals surface area contributed by atoms with Crippen LogP contribution in [0.15, 0.2) is 29.1 Å². The maximum Gasteiger partial charge on any atom is 0.253 e. The molecule has 0 unspecified atom stereocenters. The van der Waals surface area contributed by atoms with Crippen LogP contribution in [-0.2, 0) is 16.1 Å². The molecule has 1 atom stereocenters. The minimum absolute atomic E-state index is 0.0378. The summed E-state index contributed by atoms with van der Waals surface area (Å²) in [5, 5.41) is 0.908. The van der Waals surface area contributed by atoms with E-state index >= 15 is 0 Å². The Morgan fingerprint density at radius 2 is 2.25 bits per heavy atom. The SMILES string of the molecule is CCN(Cc1cc2ccc(OC)cc2[nH]c1=O)C(=O)[C@H]1CCCO1. The number of H-pyrrole nitrogens is 1. The lowest BCUT2D eigenvalue weighted by atomic mass is 10.1. The van der Waals surface area contributed by atoms with Crippen LogP contribution in [0.1, 0.15) is 25.3 Å². The van der Waals surface area contributed by atoms with E-state index in [1.165, 1.54) is 0 Å². The maximum atomic E-state index is 12.5. The van der Waals surface area contributed by atoms with Gasteiger partial charge in [-0.2, -0.15) is 0 Å². The standard InChI is InChI=1S/C18H22N2O4/c1-3-20(18(22)16-5-4-8-24-16)11-13-9-12-6-7-14(23-2)10-15(12)19-17(13)21/h6-7,9-10,16H,3-5,8,11H2,1-2H3,(H,19,21)/t16-/m1/s1. The molecule has 1 amide bonds. The van der Waals surface area contributed by atoms with Crippen LogP contribution in [0.3, 0.4) is 0 Å². The highest BCUT2D eigenvalue weighted by Crippen LogP contribution is 2.20. The molecule has 0 spiro atoms. The van der Waals surface area contributed by atoms with Gasteiger partial charge in [0, 0.05) is 24.8 Å². The Hall–Kier alpha value is -2.34. The highest BCUT2D eigenvalue weighted by Gasteiger charge is 2.27. The third kappa shape index (κ3) is 3.28. The normalized spacial score (nSPS) is 17.2. The number of aromatic nitrogens is 1. The first-order valence-corrected chi connectivity index (χ1v) is 8.22. The molecule has 3 rings (SSSR count). The summed E-state index contributed by atoms with van der Waals surface area (Å²) in [7, 11) is 1.59. The number of likely N-dealkylation sites (N-methyl/N-ethyl adjacent to an activating group) is 1. The van der Waals surface area contributed by atoms with Crippen molar-refractivity contribution in [2.45, 2.75) is 32.4 Å². The van der Waals surface area contributed by atoms with E-state index in [2.05, 4.69) is 4.98 Å². The van der Waals surface area contributed by atoms with Gasteiger partial charge in [-0.3, -0.25) is 9.59 Å². The lowest BCUT2D eigenvalue weighted by molar-refractivity contribution is -0.141. The Labute approximate surface area is 140 Å². The molecule has 24 heavy (non-hydrogen) atoms. The monoisotopic (exact) mass is 330 g/mol. The van der Waals surface area contributed by atoms with Crippen molar-refractivity contribution in [3.63, 3.8) is 0 Å². The first-order chi connectivity index (χ1) is 11.6. The van der Waals surface area contributed by atoms with E-state index in [9.17, 15) is 9.59 Å². The third-order valence-electron chi connectivity index (χ3n) is 4.39. The molecule has 0 radical (unpaired) electrons. The van der Waals surface area contributed by atoms with Gasteiger partial charge in [0.05, 0.1) is 19.2 Å². The van der Waals surface area contributed by atoms with Crippen molar-refractivity contribution in [3.05, 3.63) is 40.2 Å². The molecular formula is C18H22N2O4. The van der Waals surface area contributed by atoms with Crippen LogP contribution in [0, 0.1) is 0 Å². The summed E-state index contributed by atoms with van der Waals surface area (Å²) < 4.78 is 10.6. The van der Waals surface area contributed by atoms with Gasteiger partial charge in [0.2, 0.25) is 0 Å². The minimum Gasteiger partial charge on any atom is -0.497 e. The molecule has 1 aromatic carbocycles. The van der Waals surface area contributed by atoms with Gasteiger partial charge in [0.25, 0.3) is 11.5 Å². The van der Waals surface area contributed by atoms with Gasteiger partial charge in [0.1, 0.15) is 11.9 Å². The topological polar surface area (TPSA) is 71.6 Å². The van der Waals surface area contributed by atoms with E-state index < -0.39 is 0 Å². The van der Waals surface area contributed by atoms with E-state index in [0.29, 0.717) is 24.5 Å². The number of hydrogen-bond acceptors (Lipinski definition) is 4. The van der Waals surface area contributed by atoms with Gasteiger partial charge >= 0.3 is 0 Å². The average molecular weight is 330 g/mol. The van der Waals surface area contributed by atoms with Crippen molar-refractivity contribution < 1.29 is 14.3 Å². The summed E-state index contributed by atoms with van der Waals surface area (Å²) in [4.78, 5) is 29.4. The smallest absolute Gasteiger partial charge is 0.253 e. The number of amides is 1. The molecular weight excluding hydrogens is 308 g/mol. The quantitative estimate of drug-likeness (QED) is 0.911. The molecule has 1 aliphatic heterocycles. The number of hydrogen-bond donors (Lipinski definition) is 1. The minimum atomic E-state index is -0.367. The number of rotatable bonds is 5. The highest BCUT2D eigenvalue weighted by atomic mass is 16.5. The molecule has 2 aromatic rings. The third-order valence-corrected chi connectivity index (χ3v) is 4.39. The van der Waals surface area contributed by atoms with E-state index in [1.807, 2.05) is 25.1 Å². The Morgan fingerprint density at radius 3 is 2.92 bits per heavy atom. The zero-order chi connectivity index (χ0) is 17.1. The summed E-state index contributed by atoms with van der Waals surface area (Å²) in [6.45, 7) is 3.37. The number of nitrogens with zero attached hydrogens (tertiary/aromatic N) is 1. The molecule has 0 bridgehead atoms. The van der Waals surface area contributed by atoms with Gasteiger partial charge < -0.3 is 19.4 Å². The fraction of sp³-hybridized carbons (Fsp3) is 0.444. The largest absolute Gasteiger partial charge is 0.497 e. The number of ether oxygens (including phenoxy) is 2. The van der Waals surface area contributed by atoms with Gasteiger partial charge in [-0.25, -0.2) is 0 Å². The predicted molar refractivity (Wildman–Crippen MR) is 91.2 cm³/mol. The van der Waals surface area contributed by atoms with Gasteiger partial charge in [-0.15, -0.1) is 0 Å². The van der Waals surface area contributed by atoms with E-state index in [1.54, 1.807) is 18.1 Å². The molecule has 1 saturated heterocycles. The van der Waals surface area contributed by atoms with Crippen LogP contribution < -0.4 is 10.3 Å². The zero-order valence-corrected chi connectivity index (χ0v) is 14.0. The second-order valence-electron chi connectivity index (χ2n) is 5.93.